The van der Waals surface area contributed by atoms with Crippen LogP contribution in [0, 0.1) is 0 Å². The SMILES string of the molecule is Oc1nccc2[nH]nnc12. The highest BCUT2D eigenvalue weighted by Gasteiger charge is 2.01. The Balaban J connectivity index is 2.95. The van der Waals surface area contributed by atoms with Crippen molar-refractivity contribution in [2.45, 2.75) is 0 Å². The quantitative estimate of drug-likeness (QED) is 0.537. The fourth-order valence-corrected chi connectivity index (χ4v) is 0.761. The average molecular weight is 136 g/mol. The Morgan fingerprint density at radius 2 is 2.40 bits per heavy atom. The molecule has 2 rings (SSSR count). The van der Waals surface area contributed by atoms with E-state index < -0.39 is 0 Å². The third-order valence-corrected chi connectivity index (χ3v) is 1.23. The minimum absolute atomic E-state index is 0.0914. The summed E-state index contributed by atoms with van der Waals surface area (Å²) in [5, 5.41) is 18.7. The van der Waals surface area contributed by atoms with Crippen molar-refractivity contribution in [3.05, 3.63) is 12.3 Å². The third kappa shape index (κ3) is 0.540. The largest absolute Gasteiger partial charge is 0.492 e. The Kier molecular flexibility index (Phi) is 0.858. The molecule has 0 spiro atoms. The van der Waals surface area contributed by atoms with Crippen LogP contribution in [0.25, 0.3) is 11.0 Å². The van der Waals surface area contributed by atoms with E-state index in [1.54, 1.807) is 6.07 Å². The molecule has 10 heavy (non-hydrogen) atoms. The van der Waals surface area contributed by atoms with Gasteiger partial charge < -0.3 is 5.11 Å². The van der Waals surface area contributed by atoms with E-state index in [0.29, 0.717) is 11.0 Å². The van der Waals surface area contributed by atoms with Gasteiger partial charge in [-0.3, -0.25) is 5.10 Å². The maximum Gasteiger partial charge on any atom is 0.241 e. The first-order valence-electron chi connectivity index (χ1n) is 2.72. The fraction of sp³-hybridized carbons (Fsp3) is 0. The van der Waals surface area contributed by atoms with Crippen LogP contribution in [0.1, 0.15) is 0 Å². The minimum Gasteiger partial charge on any atom is -0.492 e. The fourth-order valence-electron chi connectivity index (χ4n) is 0.761. The molecule has 0 aliphatic carbocycles. The molecule has 50 valence electrons. The van der Waals surface area contributed by atoms with Crippen molar-refractivity contribution < 1.29 is 5.11 Å². The van der Waals surface area contributed by atoms with E-state index >= 15 is 0 Å². The van der Waals surface area contributed by atoms with Gasteiger partial charge in [0.15, 0.2) is 5.52 Å². The molecule has 2 heterocycles. The van der Waals surface area contributed by atoms with Gasteiger partial charge in [-0.2, -0.15) is 0 Å². The van der Waals surface area contributed by atoms with E-state index in [-0.39, 0.29) is 5.88 Å². The van der Waals surface area contributed by atoms with E-state index in [4.69, 9.17) is 5.11 Å². The molecule has 0 unspecified atom stereocenters. The molecule has 0 radical (unpaired) electrons. The zero-order valence-corrected chi connectivity index (χ0v) is 4.94. The number of fused-ring (bicyclic) bond motifs is 1. The monoisotopic (exact) mass is 136 g/mol. The maximum atomic E-state index is 9.03. The van der Waals surface area contributed by atoms with Crippen molar-refractivity contribution >= 4 is 11.0 Å². The molecule has 0 aliphatic heterocycles. The van der Waals surface area contributed by atoms with Gasteiger partial charge in [-0.05, 0) is 6.07 Å². The van der Waals surface area contributed by atoms with Crippen LogP contribution >= 0.6 is 0 Å². The second-order valence-electron chi connectivity index (χ2n) is 1.84. The zero-order chi connectivity index (χ0) is 6.97. The molecule has 5 heteroatoms. The molecule has 0 amide bonds. The van der Waals surface area contributed by atoms with Gasteiger partial charge in [-0.25, -0.2) is 4.98 Å². The Morgan fingerprint density at radius 3 is 3.20 bits per heavy atom. The third-order valence-electron chi connectivity index (χ3n) is 1.23. The smallest absolute Gasteiger partial charge is 0.241 e. The van der Waals surface area contributed by atoms with Gasteiger partial charge in [0.1, 0.15) is 0 Å². The Labute approximate surface area is 55.7 Å². The van der Waals surface area contributed by atoms with E-state index in [1.807, 2.05) is 0 Å². The number of nitrogens with one attached hydrogen (secondary N) is 1. The first-order valence-corrected chi connectivity index (χ1v) is 2.72. The van der Waals surface area contributed by atoms with Gasteiger partial charge in [0.05, 0.1) is 5.52 Å². The number of pyridine rings is 1. The lowest BCUT2D eigenvalue weighted by molar-refractivity contribution is 0.459. The number of hydrogen-bond donors (Lipinski definition) is 2. The molecule has 0 saturated carbocycles. The summed E-state index contributed by atoms with van der Waals surface area (Å²) in [6.07, 6.45) is 1.48. The van der Waals surface area contributed by atoms with E-state index in [9.17, 15) is 0 Å². The van der Waals surface area contributed by atoms with Crippen LogP contribution in [0.3, 0.4) is 0 Å². The standard InChI is InChI=1S/C5H4N4O/c10-5-4-3(1-2-6-5)7-9-8-4/h1-2H,(H,6,10)(H,7,8,9). The maximum absolute atomic E-state index is 9.03. The van der Waals surface area contributed by atoms with Crippen LogP contribution in [0.15, 0.2) is 12.3 Å². The van der Waals surface area contributed by atoms with Crippen LogP contribution < -0.4 is 0 Å². The van der Waals surface area contributed by atoms with Crippen LogP contribution in [-0.2, 0) is 0 Å². The van der Waals surface area contributed by atoms with Crippen molar-refractivity contribution in [3.8, 4) is 5.88 Å². The average Bonchev–Trinajstić information content (AvgIpc) is 2.36. The molecule has 0 aliphatic rings. The van der Waals surface area contributed by atoms with Crippen LogP contribution in [0.2, 0.25) is 0 Å². The molecule has 0 fully saturated rings. The predicted molar refractivity (Wildman–Crippen MR) is 33.3 cm³/mol. The van der Waals surface area contributed by atoms with Crippen molar-refractivity contribution in [2.24, 2.45) is 0 Å². The van der Waals surface area contributed by atoms with Gasteiger partial charge >= 0.3 is 0 Å². The highest BCUT2D eigenvalue weighted by Crippen LogP contribution is 2.14. The highest BCUT2D eigenvalue weighted by molar-refractivity contribution is 5.77. The second kappa shape index (κ2) is 1.66. The van der Waals surface area contributed by atoms with Crippen molar-refractivity contribution in [2.75, 3.05) is 0 Å². The normalized spacial score (nSPS) is 10.4. The summed E-state index contributed by atoms with van der Waals surface area (Å²) >= 11 is 0. The highest BCUT2D eigenvalue weighted by atomic mass is 16.3. The summed E-state index contributed by atoms with van der Waals surface area (Å²) in [4.78, 5) is 3.61. The topological polar surface area (TPSA) is 74.7 Å². The minimum atomic E-state index is -0.0914. The van der Waals surface area contributed by atoms with Crippen LogP contribution in [-0.4, -0.2) is 25.5 Å². The van der Waals surface area contributed by atoms with E-state index in [1.165, 1.54) is 6.20 Å². The number of aromatic hydroxyl groups is 1. The first kappa shape index (κ1) is 5.16. The van der Waals surface area contributed by atoms with E-state index in [0.717, 1.165) is 0 Å². The Hall–Kier alpha value is -1.65. The zero-order valence-electron chi connectivity index (χ0n) is 4.94. The molecule has 0 saturated heterocycles. The summed E-state index contributed by atoms with van der Waals surface area (Å²) in [6.45, 7) is 0. The summed E-state index contributed by atoms with van der Waals surface area (Å²) in [7, 11) is 0. The lowest BCUT2D eigenvalue weighted by Crippen LogP contribution is -1.74. The van der Waals surface area contributed by atoms with Gasteiger partial charge in [-0.1, -0.05) is 5.21 Å². The number of nitrogens with zero attached hydrogens (tertiary/aromatic N) is 3. The first-order chi connectivity index (χ1) is 4.88. The van der Waals surface area contributed by atoms with Crippen LogP contribution in [0.5, 0.6) is 5.88 Å². The molecule has 2 N–H and O–H groups in total. The van der Waals surface area contributed by atoms with Crippen molar-refractivity contribution in [1.29, 1.82) is 0 Å². The molecule has 0 atom stereocenters. The number of aromatic amines is 1. The predicted octanol–water partition coefficient (Wildman–Crippen LogP) is 0.0585. The number of hydrogen-bond acceptors (Lipinski definition) is 4. The van der Waals surface area contributed by atoms with Crippen LogP contribution in [0.4, 0.5) is 0 Å². The molecular weight excluding hydrogens is 132 g/mol. The molecule has 2 aromatic rings. The van der Waals surface area contributed by atoms with Crippen molar-refractivity contribution in [1.82, 2.24) is 20.4 Å². The Morgan fingerprint density at radius 1 is 1.50 bits per heavy atom. The molecule has 2 aromatic heterocycles. The molecular formula is C5H4N4O. The van der Waals surface area contributed by atoms with E-state index in [2.05, 4.69) is 20.4 Å². The Bertz CT molecular complexity index is 355. The molecule has 0 aromatic carbocycles. The summed E-state index contributed by atoms with van der Waals surface area (Å²) in [5.74, 6) is -0.0914. The van der Waals surface area contributed by atoms with Gasteiger partial charge in [-0.15, -0.1) is 5.10 Å². The van der Waals surface area contributed by atoms with Gasteiger partial charge in [0.25, 0.3) is 0 Å². The van der Waals surface area contributed by atoms with Gasteiger partial charge in [0.2, 0.25) is 5.88 Å². The summed E-state index contributed by atoms with van der Waals surface area (Å²) < 4.78 is 0. The second-order valence-corrected chi connectivity index (χ2v) is 1.84. The van der Waals surface area contributed by atoms with Crippen molar-refractivity contribution in [3.63, 3.8) is 0 Å². The summed E-state index contributed by atoms with van der Waals surface area (Å²) in [5.41, 5.74) is 1.09. The van der Waals surface area contributed by atoms with Gasteiger partial charge in [0, 0.05) is 6.20 Å². The molecule has 0 bridgehead atoms. The number of H-pyrrole nitrogens is 1. The summed E-state index contributed by atoms with van der Waals surface area (Å²) in [6, 6.07) is 1.69. The lowest BCUT2D eigenvalue weighted by atomic mass is 10.4. The lowest BCUT2D eigenvalue weighted by Gasteiger charge is -1.86. The number of rotatable bonds is 0. The molecule has 5 nitrogen and oxygen atoms in total. The number of aromatic nitrogens is 4.